The van der Waals surface area contributed by atoms with E-state index in [4.69, 9.17) is 5.41 Å². The molecule has 2 aliphatic rings. The molecule has 1 amide bonds. The topological polar surface area (TPSA) is 56.2 Å². The predicted molar refractivity (Wildman–Crippen MR) is 63.5 cm³/mol. The molecule has 1 aliphatic heterocycles. The second-order valence-corrected chi connectivity index (χ2v) is 5.33. The van der Waals surface area contributed by atoms with Gasteiger partial charge in [-0.25, -0.2) is 0 Å². The van der Waals surface area contributed by atoms with Crippen LogP contribution >= 0.6 is 0 Å². The van der Waals surface area contributed by atoms with Crippen LogP contribution in [0.25, 0.3) is 0 Å². The number of nitrogens with zero attached hydrogens (tertiary/aromatic N) is 1. The Labute approximate surface area is 96.9 Å². The number of carbonyl (C=O) groups excluding carboxylic acids is 1. The molecule has 0 aromatic heterocycles. The number of hydrogen-bond acceptors (Lipinski definition) is 2. The highest BCUT2D eigenvalue weighted by Gasteiger charge is 2.40. The van der Waals surface area contributed by atoms with E-state index >= 15 is 0 Å². The SMILES string of the molecule is CC1(C)C(=O)NCCN1C(=N)C1CCCC1. The fraction of sp³-hybridized carbons (Fsp3) is 0.833. The predicted octanol–water partition coefficient (Wildman–Crippen LogP) is 1.36. The number of rotatable bonds is 1. The maximum atomic E-state index is 11.8. The van der Waals surface area contributed by atoms with Gasteiger partial charge in [0.15, 0.2) is 0 Å². The standard InChI is InChI=1S/C12H21N3O/c1-12(2)11(16)14-7-8-15(12)10(13)9-5-3-4-6-9/h9,13H,3-8H2,1-2H3,(H,14,16). The molecular formula is C12H21N3O. The van der Waals surface area contributed by atoms with Crippen molar-refractivity contribution in [2.75, 3.05) is 13.1 Å². The molecule has 0 atom stereocenters. The number of carbonyl (C=O) groups is 1. The number of hydrogen-bond donors (Lipinski definition) is 2. The molecule has 0 radical (unpaired) electrons. The summed E-state index contributed by atoms with van der Waals surface area (Å²) in [4.78, 5) is 13.8. The van der Waals surface area contributed by atoms with E-state index in [9.17, 15) is 4.79 Å². The van der Waals surface area contributed by atoms with Crippen LogP contribution in [0.1, 0.15) is 39.5 Å². The van der Waals surface area contributed by atoms with Gasteiger partial charge in [0, 0.05) is 19.0 Å². The first-order chi connectivity index (χ1) is 7.53. The van der Waals surface area contributed by atoms with E-state index in [1.165, 1.54) is 12.8 Å². The van der Waals surface area contributed by atoms with Crippen molar-refractivity contribution in [3.05, 3.63) is 0 Å². The van der Waals surface area contributed by atoms with Crippen LogP contribution in [-0.2, 0) is 4.79 Å². The van der Waals surface area contributed by atoms with Gasteiger partial charge in [0.1, 0.15) is 5.54 Å². The van der Waals surface area contributed by atoms with Crippen LogP contribution in [0.15, 0.2) is 0 Å². The molecule has 2 N–H and O–H groups in total. The number of amides is 1. The summed E-state index contributed by atoms with van der Waals surface area (Å²) >= 11 is 0. The molecule has 0 aromatic carbocycles. The van der Waals surface area contributed by atoms with Crippen molar-refractivity contribution in [2.24, 2.45) is 5.92 Å². The van der Waals surface area contributed by atoms with Gasteiger partial charge in [-0.1, -0.05) is 12.8 Å². The largest absolute Gasteiger partial charge is 0.352 e. The summed E-state index contributed by atoms with van der Waals surface area (Å²) in [5, 5.41) is 11.1. The Kier molecular flexibility index (Phi) is 2.91. The van der Waals surface area contributed by atoms with Gasteiger partial charge in [-0.2, -0.15) is 0 Å². The molecule has 1 aliphatic carbocycles. The van der Waals surface area contributed by atoms with Gasteiger partial charge in [-0.15, -0.1) is 0 Å². The van der Waals surface area contributed by atoms with Crippen molar-refractivity contribution in [2.45, 2.75) is 45.1 Å². The zero-order chi connectivity index (χ0) is 11.8. The van der Waals surface area contributed by atoms with Crippen molar-refractivity contribution in [1.82, 2.24) is 10.2 Å². The normalized spacial score (nSPS) is 25.6. The molecule has 90 valence electrons. The number of nitrogens with one attached hydrogen (secondary N) is 2. The van der Waals surface area contributed by atoms with Crippen molar-refractivity contribution in [3.63, 3.8) is 0 Å². The Bertz CT molecular complexity index is 305. The van der Waals surface area contributed by atoms with Crippen molar-refractivity contribution >= 4 is 11.7 Å². The minimum Gasteiger partial charge on any atom is -0.352 e. The van der Waals surface area contributed by atoms with Crippen molar-refractivity contribution < 1.29 is 4.79 Å². The fourth-order valence-corrected chi connectivity index (χ4v) is 2.74. The fourth-order valence-electron chi connectivity index (χ4n) is 2.74. The summed E-state index contributed by atoms with van der Waals surface area (Å²) in [6.45, 7) is 5.25. The van der Waals surface area contributed by atoms with Gasteiger partial charge < -0.3 is 10.2 Å². The monoisotopic (exact) mass is 223 g/mol. The summed E-state index contributed by atoms with van der Waals surface area (Å²) < 4.78 is 0. The average Bonchev–Trinajstić information content (AvgIpc) is 2.74. The molecule has 16 heavy (non-hydrogen) atoms. The highest BCUT2D eigenvalue weighted by atomic mass is 16.2. The van der Waals surface area contributed by atoms with E-state index in [0.29, 0.717) is 18.3 Å². The summed E-state index contributed by atoms with van der Waals surface area (Å²) in [5.74, 6) is 1.10. The van der Waals surface area contributed by atoms with E-state index in [0.717, 1.165) is 19.4 Å². The maximum absolute atomic E-state index is 11.8. The minimum absolute atomic E-state index is 0.0431. The van der Waals surface area contributed by atoms with E-state index in [1.807, 2.05) is 18.7 Å². The van der Waals surface area contributed by atoms with Crippen molar-refractivity contribution in [3.8, 4) is 0 Å². The molecule has 1 saturated carbocycles. The van der Waals surface area contributed by atoms with Gasteiger partial charge in [0.2, 0.25) is 5.91 Å². The van der Waals surface area contributed by atoms with E-state index in [-0.39, 0.29) is 5.91 Å². The maximum Gasteiger partial charge on any atom is 0.245 e. The second-order valence-electron chi connectivity index (χ2n) is 5.33. The lowest BCUT2D eigenvalue weighted by Crippen LogP contribution is -2.64. The lowest BCUT2D eigenvalue weighted by Gasteiger charge is -2.44. The molecule has 0 aromatic rings. The molecule has 2 fully saturated rings. The molecule has 1 saturated heterocycles. The Hall–Kier alpha value is -1.06. The lowest BCUT2D eigenvalue weighted by molar-refractivity contribution is -0.132. The van der Waals surface area contributed by atoms with Crippen LogP contribution in [0, 0.1) is 11.3 Å². The molecule has 2 rings (SSSR count). The Morgan fingerprint density at radius 2 is 2.06 bits per heavy atom. The third-order valence-electron chi connectivity index (χ3n) is 3.88. The van der Waals surface area contributed by atoms with Crippen LogP contribution < -0.4 is 5.32 Å². The third-order valence-corrected chi connectivity index (χ3v) is 3.88. The van der Waals surface area contributed by atoms with Gasteiger partial charge in [0.05, 0.1) is 5.84 Å². The second kappa shape index (κ2) is 4.07. The first-order valence-electron chi connectivity index (χ1n) is 6.18. The highest BCUT2D eigenvalue weighted by Crippen LogP contribution is 2.30. The Morgan fingerprint density at radius 1 is 1.44 bits per heavy atom. The van der Waals surface area contributed by atoms with E-state index < -0.39 is 5.54 Å². The first kappa shape index (κ1) is 11.4. The average molecular weight is 223 g/mol. The lowest BCUT2D eigenvalue weighted by atomic mass is 9.95. The van der Waals surface area contributed by atoms with Gasteiger partial charge in [-0.05, 0) is 26.7 Å². The van der Waals surface area contributed by atoms with E-state index in [2.05, 4.69) is 5.32 Å². The quantitative estimate of drug-likeness (QED) is 0.521. The molecule has 0 spiro atoms. The van der Waals surface area contributed by atoms with Gasteiger partial charge in [0.25, 0.3) is 0 Å². The van der Waals surface area contributed by atoms with E-state index in [1.54, 1.807) is 0 Å². The van der Waals surface area contributed by atoms with Crippen LogP contribution in [0.3, 0.4) is 0 Å². The van der Waals surface area contributed by atoms with Crippen LogP contribution in [0.2, 0.25) is 0 Å². The summed E-state index contributed by atoms with van der Waals surface area (Å²) in [6, 6.07) is 0. The van der Waals surface area contributed by atoms with Gasteiger partial charge in [-0.3, -0.25) is 10.2 Å². The molecule has 1 heterocycles. The minimum atomic E-state index is -0.558. The molecular weight excluding hydrogens is 202 g/mol. The number of amidine groups is 1. The van der Waals surface area contributed by atoms with Crippen LogP contribution in [-0.4, -0.2) is 35.3 Å². The molecule has 0 unspecified atom stereocenters. The van der Waals surface area contributed by atoms with Crippen LogP contribution in [0.4, 0.5) is 0 Å². The summed E-state index contributed by atoms with van der Waals surface area (Å²) in [5.41, 5.74) is -0.558. The summed E-state index contributed by atoms with van der Waals surface area (Å²) in [6.07, 6.45) is 4.70. The summed E-state index contributed by atoms with van der Waals surface area (Å²) in [7, 11) is 0. The zero-order valence-corrected chi connectivity index (χ0v) is 10.2. The molecule has 4 nitrogen and oxygen atoms in total. The Balaban J connectivity index is 2.12. The Morgan fingerprint density at radius 3 is 2.69 bits per heavy atom. The zero-order valence-electron chi connectivity index (χ0n) is 10.2. The van der Waals surface area contributed by atoms with Crippen molar-refractivity contribution in [1.29, 1.82) is 5.41 Å². The first-order valence-corrected chi connectivity index (χ1v) is 6.18. The highest BCUT2D eigenvalue weighted by molar-refractivity contribution is 5.93. The number of piperazine rings is 1. The van der Waals surface area contributed by atoms with Gasteiger partial charge >= 0.3 is 0 Å². The molecule has 4 heteroatoms. The molecule has 0 bridgehead atoms. The van der Waals surface area contributed by atoms with Crippen LogP contribution in [0.5, 0.6) is 0 Å². The third kappa shape index (κ3) is 1.81. The smallest absolute Gasteiger partial charge is 0.245 e.